The molecule has 0 spiro atoms. The molecule has 0 amide bonds. The first kappa shape index (κ1) is 7.43. The first-order chi connectivity index (χ1) is 5.81. The van der Waals surface area contributed by atoms with Crippen LogP contribution in [0.5, 0.6) is 11.5 Å². The Morgan fingerprint density at radius 1 is 1.58 bits per heavy atom. The third kappa shape index (κ3) is 1.02. The van der Waals surface area contributed by atoms with Crippen LogP contribution in [0.3, 0.4) is 0 Å². The monoisotopic (exact) mass is 166 g/mol. The van der Waals surface area contributed by atoms with Gasteiger partial charge in [-0.3, -0.25) is 0 Å². The molecule has 0 bridgehead atoms. The molecular weight excluding hydrogens is 156 g/mol. The topological polar surface area (TPSA) is 38.7 Å². The second kappa shape index (κ2) is 2.68. The number of rotatable bonds is 1. The Kier molecular flexibility index (Phi) is 1.66. The van der Waals surface area contributed by atoms with E-state index < -0.39 is 6.10 Å². The van der Waals surface area contributed by atoms with Gasteiger partial charge in [-0.2, -0.15) is 0 Å². The average molecular weight is 166 g/mol. The van der Waals surface area contributed by atoms with Gasteiger partial charge in [0.25, 0.3) is 0 Å². The first-order valence-corrected chi connectivity index (χ1v) is 3.80. The predicted molar refractivity (Wildman–Crippen MR) is 43.4 cm³/mol. The van der Waals surface area contributed by atoms with Crippen molar-refractivity contribution in [2.24, 2.45) is 0 Å². The number of aliphatic hydroxyl groups is 1. The normalized spacial score (nSPS) is 20.0. The second-order valence-corrected chi connectivity index (χ2v) is 2.73. The third-order valence-electron chi connectivity index (χ3n) is 1.98. The van der Waals surface area contributed by atoms with Crippen molar-refractivity contribution in [3.8, 4) is 11.5 Å². The summed E-state index contributed by atoms with van der Waals surface area (Å²) in [5, 5.41) is 9.38. The summed E-state index contributed by atoms with van der Waals surface area (Å²) in [6.45, 7) is 0.350. The summed E-state index contributed by atoms with van der Waals surface area (Å²) in [6, 6.07) is 5.42. The van der Waals surface area contributed by atoms with Crippen LogP contribution in [-0.2, 0) is 0 Å². The van der Waals surface area contributed by atoms with Gasteiger partial charge in [0.15, 0.2) is 0 Å². The molecule has 1 aromatic carbocycles. The zero-order valence-electron chi connectivity index (χ0n) is 6.78. The molecule has 2 rings (SSSR count). The molecular formula is C9H10O3. The molecule has 0 fully saturated rings. The van der Waals surface area contributed by atoms with Crippen LogP contribution in [0.25, 0.3) is 0 Å². The molecule has 12 heavy (non-hydrogen) atoms. The van der Waals surface area contributed by atoms with Gasteiger partial charge in [0.05, 0.1) is 7.11 Å². The molecule has 1 heterocycles. The summed E-state index contributed by atoms with van der Waals surface area (Å²) < 4.78 is 10.2. The highest BCUT2D eigenvalue weighted by Gasteiger charge is 2.21. The second-order valence-electron chi connectivity index (χ2n) is 2.73. The van der Waals surface area contributed by atoms with E-state index in [0.29, 0.717) is 6.61 Å². The number of ether oxygens (including phenoxy) is 2. The van der Waals surface area contributed by atoms with Crippen LogP contribution in [0.1, 0.15) is 11.7 Å². The van der Waals surface area contributed by atoms with E-state index in [4.69, 9.17) is 9.47 Å². The molecule has 0 saturated carbocycles. The zero-order chi connectivity index (χ0) is 8.55. The van der Waals surface area contributed by atoms with Crippen molar-refractivity contribution in [1.29, 1.82) is 0 Å². The van der Waals surface area contributed by atoms with Gasteiger partial charge in [-0.25, -0.2) is 0 Å². The number of fused-ring (bicyclic) bond motifs is 1. The third-order valence-corrected chi connectivity index (χ3v) is 1.98. The highest BCUT2D eigenvalue weighted by Crippen LogP contribution is 2.34. The first-order valence-electron chi connectivity index (χ1n) is 3.80. The molecule has 3 heteroatoms. The molecule has 1 N–H and O–H groups in total. The minimum absolute atomic E-state index is 0.350. The van der Waals surface area contributed by atoms with Gasteiger partial charge < -0.3 is 14.6 Å². The molecule has 1 aliphatic heterocycles. The van der Waals surface area contributed by atoms with Crippen molar-refractivity contribution >= 4 is 0 Å². The SMILES string of the molecule is COc1ccc2c(c1)OC[C@@H]2O. The summed E-state index contributed by atoms with van der Waals surface area (Å²) in [4.78, 5) is 0. The quantitative estimate of drug-likeness (QED) is 0.679. The van der Waals surface area contributed by atoms with Crippen LogP contribution in [0.15, 0.2) is 18.2 Å². The lowest BCUT2D eigenvalue weighted by atomic mass is 10.1. The fourth-order valence-electron chi connectivity index (χ4n) is 1.30. The van der Waals surface area contributed by atoms with Crippen LogP contribution in [0, 0.1) is 0 Å². The van der Waals surface area contributed by atoms with Crippen molar-refractivity contribution in [3.63, 3.8) is 0 Å². The Labute approximate surface area is 70.5 Å². The molecule has 1 atom stereocenters. The zero-order valence-corrected chi connectivity index (χ0v) is 6.78. The lowest BCUT2D eigenvalue weighted by Gasteiger charge is -2.02. The Balaban J connectivity index is 2.41. The number of methoxy groups -OCH3 is 1. The highest BCUT2D eigenvalue weighted by molar-refractivity contribution is 5.44. The molecule has 0 radical (unpaired) electrons. The molecule has 64 valence electrons. The van der Waals surface area contributed by atoms with Crippen molar-refractivity contribution in [3.05, 3.63) is 23.8 Å². The van der Waals surface area contributed by atoms with E-state index >= 15 is 0 Å². The van der Waals surface area contributed by atoms with Crippen molar-refractivity contribution in [2.45, 2.75) is 6.10 Å². The minimum Gasteiger partial charge on any atom is -0.497 e. The van der Waals surface area contributed by atoms with Crippen LogP contribution in [-0.4, -0.2) is 18.8 Å². The number of benzene rings is 1. The Bertz CT molecular complexity index is 296. The maximum absolute atomic E-state index is 9.38. The van der Waals surface area contributed by atoms with Gasteiger partial charge in [-0.1, -0.05) is 0 Å². The Morgan fingerprint density at radius 2 is 2.42 bits per heavy atom. The number of hydrogen-bond acceptors (Lipinski definition) is 3. The van der Waals surface area contributed by atoms with Crippen LogP contribution in [0.4, 0.5) is 0 Å². The van der Waals surface area contributed by atoms with E-state index in [9.17, 15) is 5.11 Å². The molecule has 0 aromatic heterocycles. The van der Waals surface area contributed by atoms with E-state index in [1.807, 2.05) is 12.1 Å². The molecule has 1 aromatic rings. The molecule has 1 aliphatic rings. The Morgan fingerprint density at radius 3 is 3.17 bits per heavy atom. The maximum Gasteiger partial charge on any atom is 0.129 e. The summed E-state index contributed by atoms with van der Waals surface area (Å²) in [6.07, 6.45) is -0.481. The van der Waals surface area contributed by atoms with Gasteiger partial charge in [-0.15, -0.1) is 0 Å². The predicted octanol–water partition coefficient (Wildman–Crippen LogP) is 1.12. The Hall–Kier alpha value is -1.22. The van der Waals surface area contributed by atoms with Crippen LogP contribution in [0.2, 0.25) is 0 Å². The van der Waals surface area contributed by atoms with Crippen molar-refractivity contribution < 1.29 is 14.6 Å². The van der Waals surface area contributed by atoms with E-state index in [-0.39, 0.29) is 0 Å². The maximum atomic E-state index is 9.38. The summed E-state index contributed by atoms with van der Waals surface area (Å²) in [7, 11) is 1.60. The van der Waals surface area contributed by atoms with Crippen LogP contribution < -0.4 is 9.47 Å². The van der Waals surface area contributed by atoms with Gasteiger partial charge >= 0.3 is 0 Å². The molecule has 0 saturated heterocycles. The number of aliphatic hydroxyl groups excluding tert-OH is 1. The van der Waals surface area contributed by atoms with E-state index in [0.717, 1.165) is 17.1 Å². The molecule has 0 unspecified atom stereocenters. The smallest absolute Gasteiger partial charge is 0.129 e. The van der Waals surface area contributed by atoms with Gasteiger partial charge in [0.2, 0.25) is 0 Å². The average Bonchev–Trinajstić information content (AvgIpc) is 2.47. The summed E-state index contributed by atoms with van der Waals surface area (Å²) in [5.41, 5.74) is 0.843. The van der Waals surface area contributed by atoms with Gasteiger partial charge in [-0.05, 0) is 12.1 Å². The van der Waals surface area contributed by atoms with E-state index in [1.165, 1.54) is 0 Å². The largest absolute Gasteiger partial charge is 0.497 e. The van der Waals surface area contributed by atoms with Crippen molar-refractivity contribution in [2.75, 3.05) is 13.7 Å². The van der Waals surface area contributed by atoms with Gasteiger partial charge in [0, 0.05) is 11.6 Å². The highest BCUT2D eigenvalue weighted by atomic mass is 16.5. The standard InChI is InChI=1S/C9H10O3/c1-11-6-2-3-7-8(10)5-12-9(7)4-6/h2-4,8,10H,5H2,1H3/t8-/m0/s1. The molecule has 3 nitrogen and oxygen atoms in total. The lowest BCUT2D eigenvalue weighted by molar-refractivity contribution is 0.140. The van der Waals surface area contributed by atoms with E-state index in [2.05, 4.69) is 0 Å². The summed E-state index contributed by atoms with van der Waals surface area (Å²) >= 11 is 0. The van der Waals surface area contributed by atoms with Crippen LogP contribution >= 0.6 is 0 Å². The van der Waals surface area contributed by atoms with Crippen molar-refractivity contribution in [1.82, 2.24) is 0 Å². The summed E-state index contributed by atoms with van der Waals surface area (Å²) in [5.74, 6) is 1.48. The number of hydrogen-bond donors (Lipinski definition) is 1. The minimum atomic E-state index is -0.481. The van der Waals surface area contributed by atoms with Gasteiger partial charge in [0.1, 0.15) is 24.2 Å². The fraction of sp³-hybridized carbons (Fsp3) is 0.333. The fourth-order valence-corrected chi connectivity index (χ4v) is 1.30. The van der Waals surface area contributed by atoms with E-state index in [1.54, 1.807) is 13.2 Å². The molecule has 0 aliphatic carbocycles. The lowest BCUT2D eigenvalue weighted by Crippen LogP contribution is -1.97.